The lowest BCUT2D eigenvalue weighted by atomic mass is 10.2. The lowest BCUT2D eigenvalue weighted by Gasteiger charge is -2.04. The summed E-state index contributed by atoms with van der Waals surface area (Å²) < 4.78 is 12.1. The molecule has 0 atom stereocenters. The molecule has 0 spiro atoms. The number of aromatic nitrogens is 11. The molecule has 13 aromatic rings. The number of nitrogens with one attached hydrogen (secondary N) is 3. The average Bonchev–Trinajstić information content (AvgIpc) is 2.27. The largest absolute Gasteiger partial charge is 0.619 e. The summed E-state index contributed by atoms with van der Waals surface area (Å²) in [7, 11) is 0. The molecule has 18 nitrogen and oxygen atoms in total. The van der Waals surface area contributed by atoms with Gasteiger partial charge >= 0.3 is 0 Å². The molecule has 90 heavy (non-hydrogen) atoms. The molecule has 0 bridgehead atoms. The van der Waals surface area contributed by atoms with E-state index in [1.165, 1.54) is 29.1 Å². The SMILES string of the molecule is Brc1cncc(Br)c1/C=N\NCc1ccccc1.Brc1cncc2c1cnn2Cc1ccccc1.NNCc1ccccc1.O=Cc1c(Br)cncc1Br.O=c1[nH]cc(Br)c2cnn(Cc3ccccc3)c12.[O-][n+]1cc(Br)c2cnn(Cc3ccccc3)c2c1. The molecular weight excluding hydrogens is 1600 g/mol. The maximum atomic E-state index is 11.9. The molecule has 0 saturated heterocycles. The zero-order valence-electron chi connectivity index (χ0n) is 47.4. The van der Waals surface area contributed by atoms with E-state index < -0.39 is 0 Å². The Kier molecular flexibility index (Phi) is 27.0. The summed E-state index contributed by atoms with van der Waals surface area (Å²) in [4.78, 5) is 37.0. The van der Waals surface area contributed by atoms with Crippen LogP contribution in [-0.4, -0.2) is 61.8 Å². The number of pyridine rings is 5. The molecule has 25 heteroatoms. The number of hydrazone groups is 1. The van der Waals surface area contributed by atoms with Crippen molar-refractivity contribution in [2.75, 3.05) is 0 Å². The lowest BCUT2D eigenvalue weighted by molar-refractivity contribution is -0.604. The van der Waals surface area contributed by atoms with Gasteiger partial charge in [0, 0.05) is 97.8 Å². The lowest BCUT2D eigenvalue weighted by Crippen LogP contribution is -2.24. The third-order valence-corrected chi connectivity index (χ3v) is 17.2. The van der Waals surface area contributed by atoms with Crippen LogP contribution in [0.2, 0.25) is 0 Å². The van der Waals surface area contributed by atoms with Crippen molar-refractivity contribution in [3.05, 3.63) is 312 Å². The van der Waals surface area contributed by atoms with Crippen LogP contribution in [0, 0.1) is 5.21 Å². The maximum Gasteiger partial charge on any atom is 0.274 e. The minimum absolute atomic E-state index is 0.123. The van der Waals surface area contributed by atoms with E-state index in [0.717, 1.165) is 90.4 Å². The second-order valence-corrected chi connectivity index (χ2v) is 25.0. The molecule has 0 fully saturated rings. The van der Waals surface area contributed by atoms with E-state index in [1.807, 2.05) is 149 Å². The third kappa shape index (κ3) is 20.1. The van der Waals surface area contributed by atoms with Crippen molar-refractivity contribution >= 4 is 157 Å². The average molecular weight is 1650 g/mol. The van der Waals surface area contributed by atoms with Crippen molar-refractivity contribution in [1.82, 2.24) is 60.1 Å². The normalized spacial score (nSPS) is 10.6. The zero-order valence-corrected chi connectivity index (χ0v) is 58.5. The number of hydrazine groups is 1. The first kappa shape index (κ1) is 68.2. The first-order chi connectivity index (χ1) is 43.8. The van der Waals surface area contributed by atoms with E-state index in [1.54, 1.807) is 60.5 Å². The van der Waals surface area contributed by atoms with Gasteiger partial charge in [-0.1, -0.05) is 152 Å². The third-order valence-electron chi connectivity index (χ3n) is 12.8. The van der Waals surface area contributed by atoms with Crippen LogP contribution in [0.3, 0.4) is 0 Å². The van der Waals surface area contributed by atoms with Gasteiger partial charge in [0.05, 0.1) is 67.2 Å². The second-order valence-electron chi connectivity index (χ2n) is 19.0. The number of nitrogens with two attached hydrogens (primary N) is 1. The van der Waals surface area contributed by atoms with E-state index in [0.29, 0.717) is 39.7 Å². The first-order valence-electron chi connectivity index (χ1n) is 27.1. The molecule has 0 unspecified atom stereocenters. The van der Waals surface area contributed by atoms with Crippen molar-refractivity contribution in [2.24, 2.45) is 10.9 Å². The number of aromatic amines is 1. The summed E-state index contributed by atoms with van der Waals surface area (Å²) in [5.74, 6) is 5.11. The number of aldehydes is 1. The quantitative estimate of drug-likeness (QED) is 0.0211. The Bertz CT molecular complexity index is 4430. The van der Waals surface area contributed by atoms with Crippen molar-refractivity contribution < 1.29 is 9.52 Å². The number of benzene rings is 5. The fourth-order valence-corrected chi connectivity index (χ4v) is 11.9. The molecule has 0 aliphatic carbocycles. The molecule has 0 saturated carbocycles. The number of halogens is 7. The Morgan fingerprint density at radius 3 is 1.38 bits per heavy atom. The van der Waals surface area contributed by atoms with Crippen molar-refractivity contribution in [3.8, 4) is 0 Å². The van der Waals surface area contributed by atoms with Crippen LogP contribution in [0.1, 0.15) is 43.7 Å². The predicted molar refractivity (Wildman–Crippen MR) is 379 cm³/mol. The monoisotopic (exact) mass is 1640 g/mol. The van der Waals surface area contributed by atoms with Crippen molar-refractivity contribution in [2.45, 2.75) is 32.7 Å². The molecule has 8 aromatic heterocycles. The van der Waals surface area contributed by atoms with Gasteiger partial charge in [-0.2, -0.15) is 25.1 Å². The number of nitrogens with zero attached hydrogens (tertiary/aromatic N) is 11. The summed E-state index contributed by atoms with van der Waals surface area (Å²) in [6, 6.07) is 50.4. The maximum absolute atomic E-state index is 11.9. The molecule has 5 aromatic carbocycles. The smallest absolute Gasteiger partial charge is 0.274 e. The van der Waals surface area contributed by atoms with Crippen molar-refractivity contribution in [1.29, 1.82) is 0 Å². The highest BCUT2D eigenvalue weighted by atomic mass is 79.9. The van der Waals surface area contributed by atoms with Gasteiger partial charge in [-0.15, -0.1) is 0 Å². The van der Waals surface area contributed by atoms with Crippen LogP contribution in [0.4, 0.5) is 0 Å². The van der Waals surface area contributed by atoms with E-state index in [-0.39, 0.29) is 5.56 Å². The number of hydrogen-bond acceptors (Lipinski definition) is 13. The van der Waals surface area contributed by atoms with Gasteiger partial charge in [0.2, 0.25) is 6.20 Å². The van der Waals surface area contributed by atoms with Gasteiger partial charge < -0.3 is 15.6 Å². The fourth-order valence-electron chi connectivity index (χ4n) is 8.36. The Balaban J connectivity index is 0.000000142. The highest BCUT2D eigenvalue weighted by Gasteiger charge is 2.13. The number of hydrogen-bond donors (Lipinski definition) is 4. The van der Waals surface area contributed by atoms with Crippen molar-refractivity contribution in [3.63, 3.8) is 0 Å². The Hall–Kier alpha value is -7.72. The first-order valence-corrected chi connectivity index (χ1v) is 32.7. The summed E-state index contributed by atoms with van der Waals surface area (Å²) in [6.45, 7) is 3.45. The molecule has 8 heterocycles. The number of fused-ring (bicyclic) bond motifs is 3. The molecule has 0 radical (unpaired) electrons. The molecule has 456 valence electrons. The number of rotatable bonds is 13. The molecular formula is C65H54Br7N15O3. The predicted octanol–water partition coefficient (Wildman–Crippen LogP) is 15.1. The van der Waals surface area contributed by atoms with Crippen LogP contribution in [0.5, 0.6) is 0 Å². The molecule has 0 aliphatic heterocycles. The van der Waals surface area contributed by atoms with Crippen LogP contribution < -0.4 is 27.0 Å². The van der Waals surface area contributed by atoms with Crippen LogP contribution in [0.25, 0.3) is 32.7 Å². The van der Waals surface area contributed by atoms with Gasteiger partial charge in [-0.05, 0) is 139 Å². The molecule has 13 rings (SSSR count). The van der Waals surface area contributed by atoms with Crippen LogP contribution in [-0.2, 0) is 32.7 Å². The Morgan fingerprint density at radius 2 is 0.889 bits per heavy atom. The van der Waals surface area contributed by atoms with Crippen LogP contribution >= 0.6 is 112 Å². The number of carbonyl (C=O) groups is 1. The Labute approximate surface area is 576 Å². The van der Waals surface area contributed by atoms with Gasteiger partial charge in [0.25, 0.3) is 5.56 Å². The summed E-state index contributed by atoms with van der Waals surface area (Å²) in [5, 5.41) is 31.5. The number of carbonyl (C=O) groups excluding carboxylic acids is 1. The summed E-state index contributed by atoms with van der Waals surface area (Å²) in [6.07, 6.45) is 22.8. The topological polar surface area (TPSA) is 231 Å². The standard InChI is InChI=1S/C13H11Br2N3.2C13H10BrN3O.C13H10BrN3.C7H10N2.C6H3Br2NO/c14-12-8-16-9-13(15)11(12)7-18-17-6-10-4-2-1-3-5-10;14-12-8-16(18)9-13-11(12)6-15-17(13)7-10-4-2-1-3-5-10;14-11-7-15-13(18)12-10(11)6-16-17(12)8-9-4-2-1-3-5-9;14-12-7-15-8-13-11(12)6-16-17(13)9-10-4-2-1-3-5-10;8-9-6-7-4-2-1-3-5-7;7-5-1-9-2-6(8)4(5)3-10/h1-5,7-9,17H,6H2;1-6,8-9H,7H2;1-7H,8H2,(H,15,18);1-8H,9H2;1-5,9H,6,8H2;1-3H/b18-7-;;;;;. The summed E-state index contributed by atoms with van der Waals surface area (Å²) >= 11 is 23.5. The minimum atomic E-state index is -0.123. The van der Waals surface area contributed by atoms with Gasteiger partial charge in [0.15, 0.2) is 12.5 Å². The highest BCUT2D eigenvalue weighted by Crippen LogP contribution is 2.26. The van der Waals surface area contributed by atoms with Gasteiger partial charge in [0.1, 0.15) is 11.0 Å². The molecule has 5 N–H and O–H groups in total. The van der Waals surface area contributed by atoms with Gasteiger partial charge in [-0.3, -0.25) is 49.9 Å². The summed E-state index contributed by atoms with van der Waals surface area (Å²) in [5.41, 5.74) is 15.4. The molecule has 0 aliphatic rings. The van der Waals surface area contributed by atoms with E-state index in [9.17, 15) is 14.8 Å². The highest BCUT2D eigenvalue weighted by molar-refractivity contribution is 9.12. The van der Waals surface area contributed by atoms with Gasteiger partial charge in [-0.25, -0.2) is 0 Å². The molecule has 0 amide bonds. The minimum Gasteiger partial charge on any atom is -0.619 e. The van der Waals surface area contributed by atoms with E-state index in [4.69, 9.17) is 5.84 Å². The fraction of sp³-hybridized carbons (Fsp3) is 0.0769. The number of H-pyrrole nitrogens is 1. The van der Waals surface area contributed by atoms with Crippen LogP contribution in [0.15, 0.2) is 267 Å². The Morgan fingerprint density at radius 1 is 0.478 bits per heavy atom. The zero-order chi connectivity index (χ0) is 63.6. The van der Waals surface area contributed by atoms with E-state index in [2.05, 4.69) is 187 Å². The van der Waals surface area contributed by atoms with E-state index >= 15 is 0 Å². The second kappa shape index (κ2) is 35.6.